The van der Waals surface area contributed by atoms with E-state index in [4.69, 9.17) is 0 Å². The maximum Gasteiger partial charge on any atom is 0.303 e. The molecule has 0 radical (unpaired) electrons. The summed E-state index contributed by atoms with van der Waals surface area (Å²) in [5.74, 6) is 2.79. The van der Waals surface area contributed by atoms with Crippen LogP contribution < -0.4 is 0 Å². The number of hydrogen-bond acceptors (Lipinski definition) is 3. The molecule has 5 fully saturated rings. The van der Waals surface area contributed by atoms with Gasteiger partial charge in [-0.05, 0) is 110 Å². The Balaban J connectivity index is 1.41. The van der Waals surface area contributed by atoms with E-state index in [1.54, 1.807) is 0 Å². The Labute approximate surface area is 175 Å². The van der Waals surface area contributed by atoms with Crippen LogP contribution in [0.3, 0.4) is 0 Å². The van der Waals surface area contributed by atoms with Gasteiger partial charge >= 0.3 is 5.97 Å². The number of aliphatic hydroxyl groups excluding tert-OH is 2. The van der Waals surface area contributed by atoms with Crippen LogP contribution in [0.25, 0.3) is 0 Å². The number of aliphatic carboxylic acids is 1. The van der Waals surface area contributed by atoms with Gasteiger partial charge in [0.1, 0.15) is 0 Å². The second-order valence-corrected chi connectivity index (χ2v) is 12.1. The van der Waals surface area contributed by atoms with E-state index in [2.05, 4.69) is 20.8 Å². The van der Waals surface area contributed by atoms with Gasteiger partial charge in [0.15, 0.2) is 0 Å². The number of rotatable bonds is 3. The topological polar surface area (TPSA) is 77.8 Å². The molecule has 5 rings (SSSR count). The summed E-state index contributed by atoms with van der Waals surface area (Å²) in [5.41, 5.74) is 0.841. The predicted molar refractivity (Wildman–Crippen MR) is 111 cm³/mol. The Kier molecular flexibility index (Phi) is 4.51. The molecule has 5 saturated carbocycles. The van der Waals surface area contributed by atoms with Gasteiger partial charge in [0.25, 0.3) is 0 Å². The minimum absolute atomic E-state index is 0.177. The van der Waals surface area contributed by atoms with Crippen molar-refractivity contribution in [1.82, 2.24) is 0 Å². The molecule has 11 atom stereocenters. The van der Waals surface area contributed by atoms with Crippen molar-refractivity contribution in [3.63, 3.8) is 0 Å². The van der Waals surface area contributed by atoms with Crippen molar-refractivity contribution in [2.24, 2.45) is 51.8 Å². The van der Waals surface area contributed by atoms with E-state index in [1.807, 2.05) is 0 Å². The van der Waals surface area contributed by atoms with Crippen molar-refractivity contribution in [2.45, 2.75) is 97.2 Å². The molecule has 29 heavy (non-hydrogen) atoms. The lowest BCUT2D eigenvalue weighted by Crippen LogP contribution is -2.58. The van der Waals surface area contributed by atoms with Gasteiger partial charge in [-0.1, -0.05) is 20.8 Å². The second kappa shape index (κ2) is 6.45. The first kappa shape index (κ1) is 20.3. The third-order valence-corrected chi connectivity index (χ3v) is 11.6. The van der Waals surface area contributed by atoms with Gasteiger partial charge in [-0.15, -0.1) is 0 Å². The van der Waals surface area contributed by atoms with Gasteiger partial charge in [-0.25, -0.2) is 0 Å². The molecular weight excluding hydrogens is 364 g/mol. The van der Waals surface area contributed by atoms with E-state index in [0.717, 1.165) is 32.1 Å². The number of carbonyl (C=O) groups is 1. The normalized spacial score (nSPS) is 58.4. The summed E-state index contributed by atoms with van der Waals surface area (Å²) >= 11 is 0. The van der Waals surface area contributed by atoms with E-state index in [0.29, 0.717) is 46.8 Å². The fraction of sp³-hybridized carbons (Fsp3) is 0.960. The summed E-state index contributed by atoms with van der Waals surface area (Å²) in [5, 5.41) is 30.6. The number of carboxylic acid groups (broad SMARTS) is 1. The van der Waals surface area contributed by atoms with Crippen molar-refractivity contribution in [1.29, 1.82) is 0 Å². The smallest absolute Gasteiger partial charge is 0.303 e. The zero-order valence-electron chi connectivity index (χ0n) is 18.4. The molecule has 0 aromatic rings. The molecule has 0 bridgehead atoms. The van der Waals surface area contributed by atoms with Gasteiger partial charge in [-0.2, -0.15) is 0 Å². The minimum atomic E-state index is -0.656. The molecule has 4 heteroatoms. The Morgan fingerprint density at radius 1 is 0.966 bits per heavy atom. The van der Waals surface area contributed by atoms with Crippen molar-refractivity contribution in [3.05, 3.63) is 0 Å². The first-order chi connectivity index (χ1) is 13.6. The van der Waals surface area contributed by atoms with Crippen LogP contribution in [0.4, 0.5) is 0 Å². The van der Waals surface area contributed by atoms with Crippen LogP contribution in [0.2, 0.25) is 0 Å². The van der Waals surface area contributed by atoms with Crippen LogP contribution in [-0.4, -0.2) is 33.5 Å². The lowest BCUT2D eigenvalue weighted by atomic mass is 9.43. The minimum Gasteiger partial charge on any atom is -0.481 e. The summed E-state index contributed by atoms with van der Waals surface area (Å²) in [6.07, 6.45) is 9.35. The average molecular weight is 405 g/mol. The highest BCUT2D eigenvalue weighted by Crippen LogP contribution is 2.82. The molecule has 3 N–H and O–H groups in total. The first-order valence-corrected chi connectivity index (χ1v) is 12.2. The number of carboxylic acids is 1. The standard InChI is InChI=1S/C25H40O4/c1-14-17(4-5-22(28)29)25(14)11-8-19-16-13-21(27)20-12-15(26)6-9-23(20,2)18(16)7-10-24(19,25)3/h14-21,26-27H,4-13H2,1-3H3,(H,28,29)/t14-,15-,16?,17?,18?,19?,20+,21+,23-,24+,25?/m1/s1. The van der Waals surface area contributed by atoms with Crippen LogP contribution in [0, 0.1) is 51.8 Å². The highest BCUT2D eigenvalue weighted by molar-refractivity contribution is 5.66. The molecule has 0 aromatic carbocycles. The van der Waals surface area contributed by atoms with E-state index in [-0.39, 0.29) is 23.5 Å². The molecule has 0 saturated heterocycles. The van der Waals surface area contributed by atoms with Crippen molar-refractivity contribution >= 4 is 5.97 Å². The largest absolute Gasteiger partial charge is 0.481 e. The lowest BCUT2D eigenvalue weighted by Gasteiger charge is -2.62. The summed E-state index contributed by atoms with van der Waals surface area (Å²) in [6.45, 7) is 7.33. The Bertz CT molecular complexity index is 692. The van der Waals surface area contributed by atoms with Gasteiger partial charge in [0.05, 0.1) is 12.2 Å². The van der Waals surface area contributed by atoms with E-state index in [9.17, 15) is 20.1 Å². The average Bonchev–Trinajstić information content (AvgIpc) is 3.10. The molecule has 164 valence electrons. The van der Waals surface area contributed by atoms with Gasteiger partial charge in [0, 0.05) is 6.42 Å². The Hall–Kier alpha value is -0.610. The van der Waals surface area contributed by atoms with Gasteiger partial charge < -0.3 is 15.3 Å². The number of fused-ring (bicyclic) bond motifs is 6. The van der Waals surface area contributed by atoms with Crippen LogP contribution >= 0.6 is 0 Å². The zero-order valence-corrected chi connectivity index (χ0v) is 18.4. The van der Waals surface area contributed by atoms with Gasteiger partial charge in [-0.3, -0.25) is 4.79 Å². The fourth-order valence-corrected chi connectivity index (χ4v) is 10.3. The maximum atomic E-state index is 11.2. The maximum absolute atomic E-state index is 11.2. The summed E-state index contributed by atoms with van der Waals surface area (Å²) in [6, 6.07) is 0. The molecule has 4 nitrogen and oxygen atoms in total. The molecular formula is C25H40O4. The SMILES string of the molecule is C[C@@H]1C(CCC(=O)O)C12CCC1C3C[C@H](O)[C@@H]4C[C@H](O)CC[C@]4(C)C3CC[C@@]12C. The zero-order chi connectivity index (χ0) is 20.8. The van der Waals surface area contributed by atoms with E-state index in [1.165, 1.54) is 25.7 Å². The molecule has 0 aromatic heterocycles. The second-order valence-electron chi connectivity index (χ2n) is 12.1. The van der Waals surface area contributed by atoms with Crippen molar-refractivity contribution in [3.8, 4) is 0 Å². The number of aliphatic hydroxyl groups is 2. The van der Waals surface area contributed by atoms with E-state index >= 15 is 0 Å². The van der Waals surface area contributed by atoms with Crippen LogP contribution in [0.5, 0.6) is 0 Å². The fourth-order valence-electron chi connectivity index (χ4n) is 10.3. The highest BCUT2D eigenvalue weighted by Gasteiger charge is 2.76. The summed E-state index contributed by atoms with van der Waals surface area (Å²) < 4.78 is 0. The molecule has 5 unspecified atom stereocenters. The third-order valence-electron chi connectivity index (χ3n) is 11.6. The Morgan fingerprint density at radius 3 is 2.41 bits per heavy atom. The van der Waals surface area contributed by atoms with Crippen LogP contribution in [0.1, 0.15) is 85.0 Å². The number of hydrogen-bond donors (Lipinski definition) is 3. The predicted octanol–water partition coefficient (Wildman–Crippen LogP) is 4.48. The molecule has 0 aliphatic heterocycles. The first-order valence-electron chi connectivity index (χ1n) is 12.2. The highest BCUT2D eigenvalue weighted by atomic mass is 16.4. The molecule has 0 amide bonds. The molecule has 5 aliphatic rings. The van der Waals surface area contributed by atoms with Crippen LogP contribution in [-0.2, 0) is 4.79 Å². The molecule has 0 heterocycles. The summed E-state index contributed by atoms with van der Waals surface area (Å²) in [7, 11) is 0. The van der Waals surface area contributed by atoms with Crippen molar-refractivity contribution in [2.75, 3.05) is 0 Å². The lowest BCUT2D eigenvalue weighted by molar-refractivity contribution is -0.173. The molecule has 5 aliphatic carbocycles. The Morgan fingerprint density at radius 2 is 1.69 bits per heavy atom. The van der Waals surface area contributed by atoms with Crippen LogP contribution in [0.15, 0.2) is 0 Å². The molecule has 1 spiro atoms. The summed E-state index contributed by atoms with van der Waals surface area (Å²) in [4.78, 5) is 11.2. The quantitative estimate of drug-likeness (QED) is 0.648. The van der Waals surface area contributed by atoms with Gasteiger partial charge in [0.2, 0.25) is 0 Å². The van der Waals surface area contributed by atoms with Crippen molar-refractivity contribution < 1.29 is 20.1 Å². The third kappa shape index (κ3) is 2.54. The van der Waals surface area contributed by atoms with E-state index < -0.39 is 5.97 Å². The monoisotopic (exact) mass is 404 g/mol.